The predicted octanol–water partition coefficient (Wildman–Crippen LogP) is 8.32. The van der Waals surface area contributed by atoms with E-state index < -0.39 is 5.97 Å². The molecule has 0 aromatic heterocycles. The molecule has 0 saturated heterocycles. The molecule has 8 heteroatoms. The first kappa shape index (κ1) is 28.4. The van der Waals surface area contributed by atoms with Gasteiger partial charge >= 0.3 is 12.1 Å². The Balaban J connectivity index is 0.00000110. The maximum Gasteiger partial charge on any atom is 0.373 e. The lowest BCUT2D eigenvalue weighted by atomic mass is 9.86. The second-order valence-electron chi connectivity index (χ2n) is 10.2. The average molecular weight is 601 g/mol. The summed E-state index contributed by atoms with van der Waals surface area (Å²) >= 11 is 6.34. The van der Waals surface area contributed by atoms with Crippen LogP contribution in [0.5, 0.6) is 5.75 Å². The highest BCUT2D eigenvalue weighted by Crippen LogP contribution is 2.45. The first-order valence-corrected chi connectivity index (χ1v) is 13.8. The Bertz CT molecular complexity index is 2270. The topological polar surface area (TPSA) is 122 Å². The third kappa shape index (κ3) is 4.67. The maximum absolute atomic E-state index is 13.8. The van der Waals surface area contributed by atoms with E-state index in [1.807, 2.05) is 42.5 Å². The van der Waals surface area contributed by atoms with Gasteiger partial charge in [0, 0.05) is 39.8 Å². The number of hydrogen-bond acceptors (Lipinski definition) is 6. The minimum absolute atomic E-state index is 0.145. The number of aromatic carboxylic acids is 1. The normalized spacial score (nSPS) is 11.0. The van der Waals surface area contributed by atoms with Gasteiger partial charge in [-0.15, -0.1) is 0 Å². The fraction of sp³-hybridized carbons (Fsp3) is 0.0278. The van der Waals surface area contributed by atoms with Crippen molar-refractivity contribution in [1.82, 2.24) is 0 Å². The van der Waals surface area contributed by atoms with Crippen molar-refractivity contribution in [3.63, 3.8) is 0 Å². The second kappa shape index (κ2) is 11.2. The van der Waals surface area contributed by atoms with Crippen LogP contribution in [-0.2, 0) is 9.59 Å². The van der Waals surface area contributed by atoms with Gasteiger partial charge in [-0.05, 0) is 63.9 Å². The Morgan fingerprint density at radius 1 is 0.750 bits per heavy atom. The number of halogens is 1. The van der Waals surface area contributed by atoms with Gasteiger partial charge in [0.05, 0.1) is 10.6 Å². The summed E-state index contributed by atoms with van der Waals surface area (Å²) in [7, 11) is 0. The summed E-state index contributed by atoms with van der Waals surface area (Å²) in [6.07, 6.45) is 0.250. The smallest absolute Gasteiger partial charge is 0.373 e. The van der Waals surface area contributed by atoms with Crippen molar-refractivity contribution in [2.75, 3.05) is 0 Å². The summed E-state index contributed by atoms with van der Waals surface area (Å²) in [4.78, 5) is 41.6. The number of hydrogen-bond donors (Lipinski definition) is 2. The van der Waals surface area contributed by atoms with E-state index in [1.54, 1.807) is 18.2 Å². The number of fused-ring (bicyclic) bond motifs is 4. The van der Waals surface area contributed by atoms with E-state index in [4.69, 9.17) is 25.6 Å². The van der Waals surface area contributed by atoms with E-state index in [1.165, 1.54) is 24.3 Å². The third-order valence-corrected chi connectivity index (χ3v) is 8.08. The number of carboxylic acids is 1. The Morgan fingerprint density at radius 2 is 1.32 bits per heavy atom. The summed E-state index contributed by atoms with van der Waals surface area (Å²) in [6.45, 7) is 2.09. The van der Waals surface area contributed by atoms with Crippen molar-refractivity contribution >= 4 is 56.2 Å². The number of rotatable bonds is 3. The second-order valence-corrected chi connectivity index (χ2v) is 10.6. The van der Waals surface area contributed by atoms with E-state index in [0.29, 0.717) is 39.0 Å². The van der Waals surface area contributed by atoms with Gasteiger partial charge in [-0.25, -0.2) is 4.79 Å². The molecule has 5 aromatic carbocycles. The van der Waals surface area contributed by atoms with Crippen LogP contribution in [-0.4, -0.2) is 22.3 Å². The molecule has 7 rings (SSSR count). The zero-order chi connectivity index (χ0) is 31.1. The average Bonchev–Trinajstić information content (AvgIpc) is 3.02. The molecular formula is C36H21ClO7. The van der Waals surface area contributed by atoms with E-state index in [2.05, 4.69) is 19.1 Å². The van der Waals surface area contributed by atoms with E-state index >= 15 is 0 Å². The van der Waals surface area contributed by atoms with Crippen molar-refractivity contribution in [2.45, 2.75) is 6.92 Å². The summed E-state index contributed by atoms with van der Waals surface area (Å²) in [6, 6.07) is 29.0. The van der Waals surface area contributed by atoms with Gasteiger partial charge in [0.25, 0.3) is 0 Å². The van der Waals surface area contributed by atoms with Crippen LogP contribution in [0.15, 0.2) is 106 Å². The largest absolute Gasteiger partial charge is 0.506 e. The molecule has 2 aliphatic rings. The monoisotopic (exact) mass is 600 g/mol. The Kier molecular flexibility index (Phi) is 7.19. The molecule has 1 aliphatic heterocycles. The number of phenolic OH excluding ortho intramolecular Hbond substituents is 1. The molecule has 214 valence electrons. The molecular weight excluding hydrogens is 580 g/mol. The molecule has 7 nitrogen and oxygen atoms in total. The molecule has 0 unspecified atom stereocenters. The van der Waals surface area contributed by atoms with Crippen LogP contribution in [0.4, 0.5) is 0 Å². The number of phenols is 1. The Labute approximate surface area is 254 Å². The first-order chi connectivity index (χ1) is 21.2. The molecule has 0 radical (unpaired) electrons. The third-order valence-electron chi connectivity index (χ3n) is 7.78. The highest BCUT2D eigenvalue weighted by Gasteiger charge is 2.23. The summed E-state index contributed by atoms with van der Waals surface area (Å²) < 4.78 is 6.16. The van der Waals surface area contributed by atoms with E-state index in [0.717, 1.165) is 32.7 Å². The number of carboxylic acid groups (broad SMARTS) is 1. The minimum Gasteiger partial charge on any atom is -0.506 e. The number of benzene rings is 6. The van der Waals surface area contributed by atoms with Gasteiger partial charge in [-0.3, -0.25) is 4.79 Å². The number of carbonyl (C=O) groups excluding carboxylic acids is 2. The Morgan fingerprint density at radius 3 is 1.89 bits per heavy atom. The Hall–Kier alpha value is -5.75. The van der Waals surface area contributed by atoms with Crippen molar-refractivity contribution in [3.05, 3.63) is 123 Å². The van der Waals surface area contributed by atoms with Crippen molar-refractivity contribution in [1.29, 1.82) is 0 Å². The lowest BCUT2D eigenvalue weighted by Crippen LogP contribution is -2.07. The van der Waals surface area contributed by atoms with Gasteiger partial charge < -0.3 is 14.6 Å². The molecule has 0 spiro atoms. The van der Waals surface area contributed by atoms with Crippen molar-refractivity contribution in [3.8, 4) is 39.3 Å². The SMILES string of the molecule is Cc1c2ccccc2c(-c2cc3c(-c4ccc(C(=O)O)cc4)c4cc(Cl)c(O)cc4oc-3cc2=O)c2ccccc12.O=C=O. The van der Waals surface area contributed by atoms with Gasteiger partial charge in [-0.1, -0.05) is 72.3 Å². The van der Waals surface area contributed by atoms with Crippen LogP contribution in [0.3, 0.4) is 0 Å². The van der Waals surface area contributed by atoms with Crippen LogP contribution in [0, 0.1) is 6.92 Å². The summed E-state index contributed by atoms with van der Waals surface area (Å²) in [5.74, 6) is -0.837. The van der Waals surface area contributed by atoms with Gasteiger partial charge in [0.2, 0.25) is 0 Å². The van der Waals surface area contributed by atoms with Crippen LogP contribution in [0.1, 0.15) is 15.9 Å². The van der Waals surface area contributed by atoms with Crippen LogP contribution in [0.25, 0.3) is 66.1 Å². The van der Waals surface area contributed by atoms with Gasteiger partial charge in [-0.2, -0.15) is 9.59 Å². The van der Waals surface area contributed by atoms with Gasteiger partial charge in [0.1, 0.15) is 17.1 Å². The van der Waals surface area contributed by atoms with E-state index in [-0.39, 0.29) is 27.9 Å². The molecule has 0 saturated carbocycles. The lowest BCUT2D eigenvalue weighted by molar-refractivity contribution is -0.191. The number of carbonyl (C=O) groups is 1. The zero-order valence-corrected chi connectivity index (χ0v) is 23.8. The minimum atomic E-state index is -1.03. The molecule has 0 fully saturated rings. The number of aryl methyl sites for hydroxylation is 1. The quantitative estimate of drug-likeness (QED) is 0.195. The number of aromatic hydroxyl groups is 1. The molecule has 0 atom stereocenters. The van der Waals surface area contributed by atoms with Crippen molar-refractivity contribution in [2.24, 2.45) is 0 Å². The lowest BCUT2D eigenvalue weighted by Gasteiger charge is -2.19. The molecule has 44 heavy (non-hydrogen) atoms. The molecule has 1 heterocycles. The molecule has 5 aromatic rings. The van der Waals surface area contributed by atoms with Crippen molar-refractivity contribution < 1.29 is 29.0 Å². The summed E-state index contributed by atoms with van der Waals surface area (Å²) in [5.41, 5.74) is 4.87. The predicted molar refractivity (Wildman–Crippen MR) is 168 cm³/mol. The fourth-order valence-corrected chi connectivity index (χ4v) is 6.01. The zero-order valence-electron chi connectivity index (χ0n) is 23.1. The van der Waals surface area contributed by atoms with Crippen LogP contribution < -0.4 is 5.43 Å². The molecule has 2 N–H and O–H groups in total. The molecule has 0 bridgehead atoms. The first-order valence-electron chi connectivity index (χ1n) is 13.4. The highest BCUT2D eigenvalue weighted by atomic mass is 35.5. The highest BCUT2D eigenvalue weighted by molar-refractivity contribution is 6.33. The standard InChI is InChI=1S/C35H21ClO5.CO2/c1-18-21-6-2-4-8-23(21)34(24-9-5-3-7-22(18)24)25-14-26-31(16-29(25)37)41-32-17-30(38)28(36)15-27(32)33(26)19-10-12-20(13-11-19)35(39)40;2-1-3/h2-17,38H,1H3,(H,39,40);. The summed E-state index contributed by atoms with van der Waals surface area (Å²) in [5, 5.41) is 24.6. The van der Waals surface area contributed by atoms with Crippen LogP contribution >= 0.6 is 11.6 Å². The van der Waals surface area contributed by atoms with Gasteiger partial charge in [0.15, 0.2) is 5.43 Å². The maximum atomic E-state index is 13.8. The van der Waals surface area contributed by atoms with E-state index in [9.17, 15) is 19.8 Å². The molecule has 0 amide bonds. The fourth-order valence-electron chi connectivity index (χ4n) is 5.85. The van der Waals surface area contributed by atoms with Crippen LogP contribution in [0.2, 0.25) is 5.02 Å². The molecule has 1 aliphatic carbocycles.